The topological polar surface area (TPSA) is 84.7 Å². The molecular weight excluding hydrogens is 288 g/mol. The first-order chi connectivity index (χ1) is 10.5. The Kier molecular flexibility index (Phi) is 3.59. The maximum atomic E-state index is 12.4. The van der Waals surface area contributed by atoms with Gasteiger partial charge in [0.1, 0.15) is 13.2 Å². The van der Waals surface area contributed by atoms with Gasteiger partial charge in [0.15, 0.2) is 0 Å². The molecule has 0 aromatic carbocycles. The van der Waals surface area contributed by atoms with Gasteiger partial charge in [-0.3, -0.25) is 14.3 Å². The van der Waals surface area contributed by atoms with Gasteiger partial charge in [-0.1, -0.05) is 0 Å². The van der Waals surface area contributed by atoms with E-state index in [-0.39, 0.29) is 24.6 Å². The second-order valence-corrected chi connectivity index (χ2v) is 5.67. The lowest BCUT2D eigenvalue weighted by molar-refractivity contribution is -0.134. The highest BCUT2D eigenvalue weighted by Crippen LogP contribution is 2.18. The third kappa shape index (κ3) is 2.56. The first-order valence-corrected chi connectivity index (χ1v) is 7.22. The predicted molar refractivity (Wildman–Crippen MR) is 76.4 cm³/mol. The number of hydrogen-bond donors (Lipinski definition) is 0. The van der Waals surface area contributed by atoms with Crippen LogP contribution in [-0.2, 0) is 16.1 Å². The van der Waals surface area contributed by atoms with E-state index in [1.807, 2.05) is 0 Å². The van der Waals surface area contributed by atoms with Gasteiger partial charge < -0.3 is 9.64 Å². The van der Waals surface area contributed by atoms with Crippen molar-refractivity contribution in [2.24, 2.45) is 0 Å². The summed E-state index contributed by atoms with van der Waals surface area (Å²) in [6.45, 7) is 5.18. The number of carbonyl (C=O) groups excluding carboxylic acids is 2. The van der Waals surface area contributed by atoms with Crippen molar-refractivity contribution in [3.05, 3.63) is 27.9 Å². The fourth-order valence-corrected chi connectivity index (χ4v) is 2.92. The van der Waals surface area contributed by atoms with E-state index >= 15 is 0 Å². The lowest BCUT2D eigenvalue weighted by Crippen LogP contribution is -2.54. The van der Waals surface area contributed by atoms with Gasteiger partial charge in [-0.25, -0.2) is 9.59 Å². The van der Waals surface area contributed by atoms with E-state index in [1.165, 1.54) is 4.57 Å². The SMILES string of the molecule is Cc1cc(C)n(CC(=O)N2CCN3C(=O)OCC3C2)c(=O)n1. The van der Waals surface area contributed by atoms with Crippen LogP contribution in [0.25, 0.3) is 0 Å². The highest BCUT2D eigenvalue weighted by molar-refractivity contribution is 5.77. The number of rotatable bonds is 2. The summed E-state index contributed by atoms with van der Waals surface area (Å²) >= 11 is 0. The Morgan fingerprint density at radius 1 is 1.36 bits per heavy atom. The van der Waals surface area contributed by atoms with Crippen LogP contribution in [0.4, 0.5) is 4.79 Å². The van der Waals surface area contributed by atoms with Gasteiger partial charge >= 0.3 is 11.8 Å². The van der Waals surface area contributed by atoms with Crippen LogP contribution < -0.4 is 5.69 Å². The molecule has 0 bridgehead atoms. The molecule has 22 heavy (non-hydrogen) atoms. The molecule has 2 amide bonds. The first kappa shape index (κ1) is 14.6. The molecule has 0 saturated carbocycles. The maximum absolute atomic E-state index is 12.4. The summed E-state index contributed by atoms with van der Waals surface area (Å²) in [5, 5.41) is 0. The molecule has 2 aliphatic heterocycles. The molecule has 8 heteroatoms. The van der Waals surface area contributed by atoms with E-state index in [1.54, 1.807) is 29.7 Å². The van der Waals surface area contributed by atoms with Gasteiger partial charge in [0.2, 0.25) is 5.91 Å². The van der Waals surface area contributed by atoms with Crippen molar-refractivity contribution in [1.82, 2.24) is 19.4 Å². The van der Waals surface area contributed by atoms with Crippen LogP contribution in [-0.4, -0.2) is 63.6 Å². The minimum atomic E-state index is -0.413. The summed E-state index contributed by atoms with van der Waals surface area (Å²) in [6, 6.07) is 1.69. The number of hydrogen-bond acceptors (Lipinski definition) is 5. The number of cyclic esters (lactones) is 1. The van der Waals surface area contributed by atoms with Crippen molar-refractivity contribution in [2.75, 3.05) is 26.2 Å². The Morgan fingerprint density at radius 3 is 2.86 bits per heavy atom. The summed E-state index contributed by atoms with van der Waals surface area (Å²) in [5.74, 6) is -0.144. The molecule has 2 fully saturated rings. The van der Waals surface area contributed by atoms with Crippen LogP contribution in [0, 0.1) is 13.8 Å². The molecule has 0 spiro atoms. The van der Waals surface area contributed by atoms with Crippen LogP contribution in [0.15, 0.2) is 10.9 Å². The largest absolute Gasteiger partial charge is 0.447 e. The number of fused-ring (bicyclic) bond motifs is 1. The van der Waals surface area contributed by atoms with Gasteiger partial charge in [0.25, 0.3) is 0 Å². The number of aromatic nitrogens is 2. The minimum absolute atomic E-state index is 0.0283. The standard InChI is InChI=1S/C14H18N4O4/c1-9-5-10(2)18(13(20)15-9)7-12(19)16-3-4-17-11(6-16)8-22-14(17)21/h5,11H,3-4,6-8H2,1-2H3. The third-order valence-corrected chi connectivity index (χ3v) is 4.11. The molecule has 1 atom stereocenters. The molecule has 3 rings (SSSR count). The predicted octanol–water partition coefficient (Wildman–Crippen LogP) is -0.477. The summed E-state index contributed by atoms with van der Waals surface area (Å²) in [6.07, 6.45) is -0.313. The second kappa shape index (κ2) is 5.43. The summed E-state index contributed by atoms with van der Waals surface area (Å²) in [5.41, 5.74) is 0.939. The summed E-state index contributed by atoms with van der Waals surface area (Å²) in [7, 11) is 0. The molecule has 0 N–H and O–H groups in total. The quantitative estimate of drug-likeness (QED) is 0.737. The minimum Gasteiger partial charge on any atom is -0.447 e. The lowest BCUT2D eigenvalue weighted by Gasteiger charge is -2.35. The van der Waals surface area contributed by atoms with Gasteiger partial charge in [-0.2, -0.15) is 4.98 Å². The molecule has 8 nitrogen and oxygen atoms in total. The van der Waals surface area contributed by atoms with Gasteiger partial charge in [0, 0.05) is 31.0 Å². The molecule has 3 heterocycles. The van der Waals surface area contributed by atoms with Crippen molar-refractivity contribution in [1.29, 1.82) is 0 Å². The van der Waals surface area contributed by atoms with E-state index in [0.717, 1.165) is 0 Å². The Bertz CT molecular complexity index is 684. The van der Waals surface area contributed by atoms with Gasteiger partial charge in [0.05, 0.1) is 6.04 Å². The van der Waals surface area contributed by atoms with Crippen LogP contribution >= 0.6 is 0 Å². The van der Waals surface area contributed by atoms with E-state index < -0.39 is 5.69 Å². The molecule has 2 aliphatic rings. The molecule has 118 valence electrons. The smallest absolute Gasteiger partial charge is 0.410 e. The highest BCUT2D eigenvalue weighted by Gasteiger charge is 2.38. The zero-order valence-electron chi connectivity index (χ0n) is 12.6. The average Bonchev–Trinajstić information content (AvgIpc) is 2.83. The maximum Gasteiger partial charge on any atom is 0.410 e. The monoisotopic (exact) mass is 306 g/mol. The zero-order chi connectivity index (χ0) is 15.9. The molecule has 1 aromatic heterocycles. The Morgan fingerprint density at radius 2 is 2.14 bits per heavy atom. The van der Waals surface area contributed by atoms with E-state index in [2.05, 4.69) is 4.98 Å². The molecular formula is C14H18N4O4. The molecule has 1 aromatic rings. The van der Waals surface area contributed by atoms with Crippen LogP contribution in [0.3, 0.4) is 0 Å². The molecule has 0 radical (unpaired) electrons. The van der Waals surface area contributed by atoms with E-state index in [9.17, 15) is 14.4 Å². The van der Waals surface area contributed by atoms with Gasteiger partial charge in [-0.15, -0.1) is 0 Å². The van der Waals surface area contributed by atoms with Crippen molar-refractivity contribution in [3.8, 4) is 0 Å². The van der Waals surface area contributed by atoms with Gasteiger partial charge in [-0.05, 0) is 19.9 Å². The number of carbonyl (C=O) groups is 2. The zero-order valence-corrected chi connectivity index (χ0v) is 12.6. The number of amides is 2. The fraction of sp³-hybridized carbons (Fsp3) is 0.571. The highest BCUT2D eigenvalue weighted by atomic mass is 16.6. The van der Waals surface area contributed by atoms with Crippen molar-refractivity contribution >= 4 is 12.0 Å². The van der Waals surface area contributed by atoms with Crippen LogP contribution in [0.2, 0.25) is 0 Å². The Balaban J connectivity index is 1.71. The number of aryl methyl sites for hydroxylation is 2. The molecule has 0 aliphatic carbocycles. The van der Waals surface area contributed by atoms with Crippen LogP contribution in [0.1, 0.15) is 11.4 Å². The number of ether oxygens (including phenoxy) is 1. The van der Waals surface area contributed by atoms with Crippen molar-refractivity contribution in [2.45, 2.75) is 26.4 Å². The summed E-state index contributed by atoms with van der Waals surface area (Å²) < 4.78 is 6.35. The van der Waals surface area contributed by atoms with E-state index in [4.69, 9.17) is 4.74 Å². The van der Waals surface area contributed by atoms with E-state index in [0.29, 0.717) is 37.6 Å². The fourth-order valence-electron chi connectivity index (χ4n) is 2.92. The molecule has 1 unspecified atom stereocenters. The Labute approximate surface area is 127 Å². The lowest BCUT2D eigenvalue weighted by atomic mass is 10.2. The number of piperazine rings is 1. The normalized spacial score (nSPS) is 20.8. The average molecular weight is 306 g/mol. The third-order valence-electron chi connectivity index (χ3n) is 4.11. The number of nitrogens with zero attached hydrogens (tertiary/aromatic N) is 4. The van der Waals surface area contributed by atoms with Crippen molar-refractivity contribution in [3.63, 3.8) is 0 Å². The Hall–Kier alpha value is -2.38. The summed E-state index contributed by atoms with van der Waals surface area (Å²) in [4.78, 5) is 43.0. The van der Waals surface area contributed by atoms with Crippen molar-refractivity contribution < 1.29 is 14.3 Å². The first-order valence-electron chi connectivity index (χ1n) is 7.22. The second-order valence-electron chi connectivity index (χ2n) is 5.67. The van der Waals surface area contributed by atoms with Crippen LogP contribution in [0.5, 0.6) is 0 Å². The molecule has 2 saturated heterocycles.